The van der Waals surface area contributed by atoms with E-state index in [-0.39, 0.29) is 19.0 Å². The van der Waals surface area contributed by atoms with Crippen LogP contribution in [0.2, 0.25) is 0 Å². The van der Waals surface area contributed by atoms with E-state index in [1.54, 1.807) is 48.7 Å². The SMILES string of the molecule is O=C(Nc1ccc(CCN(C[C@H](O)c2ccccc2)C(=O)O)cc1)c1cccc2cccnc12. The second-order valence-corrected chi connectivity index (χ2v) is 7.94. The van der Waals surface area contributed by atoms with Crippen molar-refractivity contribution in [3.8, 4) is 0 Å². The first-order chi connectivity index (χ1) is 16.5. The molecule has 4 aromatic rings. The number of rotatable bonds is 8. The fourth-order valence-corrected chi connectivity index (χ4v) is 3.76. The smallest absolute Gasteiger partial charge is 0.407 e. The summed E-state index contributed by atoms with van der Waals surface area (Å²) >= 11 is 0. The molecule has 3 aromatic carbocycles. The Labute approximate surface area is 197 Å². The summed E-state index contributed by atoms with van der Waals surface area (Å²) < 4.78 is 0. The molecule has 1 aromatic heterocycles. The minimum absolute atomic E-state index is 0.00739. The number of carbonyl (C=O) groups excluding carboxylic acids is 1. The van der Waals surface area contributed by atoms with Crippen LogP contribution in [0.4, 0.5) is 10.5 Å². The topological polar surface area (TPSA) is 103 Å². The van der Waals surface area contributed by atoms with Crippen molar-refractivity contribution in [3.05, 3.63) is 108 Å². The van der Waals surface area contributed by atoms with Crippen molar-refractivity contribution in [2.75, 3.05) is 18.4 Å². The van der Waals surface area contributed by atoms with Crippen LogP contribution < -0.4 is 5.32 Å². The van der Waals surface area contributed by atoms with E-state index in [0.29, 0.717) is 28.8 Å². The summed E-state index contributed by atoms with van der Waals surface area (Å²) in [4.78, 5) is 30.0. The van der Waals surface area contributed by atoms with Crippen LogP contribution in [0, 0.1) is 0 Å². The van der Waals surface area contributed by atoms with Gasteiger partial charge in [-0.15, -0.1) is 0 Å². The molecule has 4 rings (SSSR count). The predicted octanol–water partition coefficient (Wildman–Crippen LogP) is 4.74. The average molecular weight is 456 g/mol. The van der Waals surface area contributed by atoms with E-state index in [1.165, 1.54) is 4.90 Å². The van der Waals surface area contributed by atoms with E-state index in [4.69, 9.17) is 0 Å². The van der Waals surface area contributed by atoms with Gasteiger partial charge in [-0.3, -0.25) is 9.78 Å². The van der Waals surface area contributed by atoms with E-state index in [1.807, 2.05) is 42.5 Å². The zero-order chi connectivity index (χ0) is 23.9. The number of aromatic nitrogens is 1. The van der Waals surface area contributed by atoms with Crippen molar-refractivity contribution in [1.82, 2.24) is 9.88 Å². The zero-order valence-electron chi connectivity index (χ0n) is 18.5. The van der Waals surface area contributed by atoms with Gasteiger partial charge in [0.25, 0.3) is 5.91 Å². The number of hydrogen-bond donors (Lipinski definition) is 3. The third-order valence-electron chi connectivity index (χ3n) is 5.61. The Morgan fingerprint density at radius 3 is 2.38 bits per heavy atom. The summed E-state index contributed by atoms with van der Waals surface area (Å²) in [7, 11) is 0. The highest BCUT2D eigenvalue weighted by atomic mass is 16.4. The Morgan fingerprint density at radius 2 is 1.65 bits per heavy atom. The van der Waals surface area contributed by atoms with Crippen molar-refractivity contribution >= 4 is 28.6 Å². The molecule has 0 fully saturated rings. The minimum atomic E-state index is -1.08. The highest BCUT2D eigenvalue weighted by Crippen LogP contribution is 2.19. The molecule has 1 atom stereocenters. The van der Waals surface area contributed by atoms with Gasteiger partial charge in [0.2, 0.25) is 0 Å². The Morgan fingerprint density at radius 1 is 0.912 bits per heavy atom. The lowest BCUT2D eigenvalue weighted by molar-refractivity contribution is 0.0972. The molecule has 0 saturated heterocycles. The van der Waals surface area contributed by atoms with Gasteiger partial charge >= 0.3 is 6.09 Å². The number of carbonyl (C=O) groups is 2. The molecule has 0 aliphatic carbocycles. The van der Waals surface area contributed by atoms with Crippen LogP contribution in [0.15, 0.2) is 91.1 Å². The normalized spacial score (nSPS) is 11.7. The first-order valence-electron chi connectivity index (χ1n) is 11.0. The van der Waals surface area contributed by atoms with Crippen LogP contribution in [-0.4, -0.2) is 45.2 Å². The molecule has 2 amide bonds. The van der Waals surface area contributed by atoms with Crippen molar-refractivity contribution in [1.29, 1.82) is 0 Å². The molecular weight excluding hydrogens is 430 g/mol. The van der Waals surface area contributed by atoms with Crippen LogP contribution in [0.25, 0.3) is 10.9 Å². The monoisotopic (exact) mass is 455 g/mol. The molecule has 0 bridgehead atoms. The number of nitrogens with zero attached hydrogens (tertiary/aromatic N) is 2. The Hall–Kier alpha value is -4.23. The quantitative estimate of drug-likeness (QED) is 0.356. The van der Waals surface area contributed by atoms with Gasteiger partial charge < -0.3 is 20.4 Å². The van der Waals surface area contributed by atoms with E-state index in [9.17, 15) is 19.8 Å². The average Bonchev–Trinajstić information content (AvgIpc) is 2.87. The lowest BCUT2D eigenvalue weighted by Gasteiger charge is -2.22. The van der Waals surface area contributed by atoms with Gasteiger partial charge in [0, 0.05) is 23.8 Å². The number of hydrogen-bond acceptors (Lipinski definition) is 4. The maximum Gasteiger partial charge on any atom is 0.407 e. The molecule has 0 radical (unpaired) electrons. The second-order valence-electron chi connectivity index (χ2n) is 7.94. The molecule has 3 N–H and O–H groups in total. The molecule has 0 saturated carbocycles. The predicted molar refractivity (Wildman–Crippen MR) is 131 cm³/mol. The van der Waals surface area contributed by atoms with Gasteiger partial charge in [0.15, 0.2) is 0 Å². The highest BCUT2D eigenvalue weighted by molar-refractivity contribution is 6.11. The van der Waals surface area contributed by atoms with Gasteiger partial charge in [0.05, 0.1) is 23.7 Å². The van der Waals surface area contributed by atoms with Crippen LogP contribution in [0.1, 0.15) is 27.6 Å². The Kier molecular flexibility index (Phi) is 7.15. The van der Waals surface area contributed by atoms with Crippen LogP contribution in [-0.2, 0) is 6.42 Å². The van der Waals surface area contributed by atoms with Gasteiger partial charge in [-0.1, -0.05) is 60.7 Å². The number of aliphatic hydroxyl groups excluding tert-OH is 1. The van der Waals surface area contributed by atoms with E-state index in [2.05, 4.69) is 10.3 Å². The zero-order valence-corrected chi connectivity index (χ0v) is 18.5. The number of amides is 2. The summed E-state index contributed by atoms with van der Waals surface area (Å²) in [5.74, 6) is -0.246. The number of benzene rings is 3. The summed E-state index contributed by atoms with van der Waals surface area (Å²) in [6.45, 7) is 0.235. The maximum absolute atomic E-state index is 12.8. The Balaban J connectivity index is 1.36. The fraction of sp³-hybridized carbons (Fsp3) is 0.148. The second kappa shape index (κ2) is 10.6. The lowest BCUT2D eigenvalue weighted by atomic mass is 10.1. The fourth-order valence-electron chi connectivity index (χ4n) is 3.76. The first kappa shape index (κ1) is 22.9. The van der Waals surface area contributed by atoms with Gasteiger partial charge in [-0.2, -0.15) is 0 Å². The van der Waals surface area contributed by atoms with E-state index >= 15 is 0 Å². The maximum atomic E-state index is 12.8. The van der Waals surface area contributed by atoms with Gasteiger partial charge in [-0.25, -0.2) is 4.79 Å². The van der Waals surface area contributed by atoms with Gasteiger partial charge in [0.1, 0.15) is 0 Å². The number of pyridine rings is 1. The molecular formula is C27H25N3O4. The molecule has 0 spiro atoms. The molecule has 0 aliphatic heterocycles. The third kappa shape index (κ3) is 5.57. The molecule has 0 aliphatic rings. The molecule has 7 nitrogen and oxygen atoms in total. The first-order valence-corrected chi connectivity index (χ1v) is 11.0. The molecule has 0 unspecified atom stereocenters. The minimum Gasteiger partial charge on any atom is -0.465 e. The van der Waals surface area contributed by atoms with Gasteiger partial charge in [-0.05, 0) is 41.8 Å². The molecule has 34 heavy (non-hydrogen) atoms. The summed E-state index contributed by atoms with van der Waals surface area (Å²) in [6.07, 6.45) is 0.170. The number of para-hydroxylation sites is 1. The largest absolute Gasteiger partial charge is 0.465 e. The Bertz CT molecular complexity index is 1270. The molecule has 172 valence electrons. The standard InChI is InChI=1S/C27H25N3O4/c31-24(20-6-2-1-3-7-20)18-30(27(33)34)17-15-19-11-13-22(14-12-19)29-26(32)23-10-4-8-21-9-5-16-28-25(21)23/h1-14,16,24,31H,15,17-18H2,(H,29,32)(H,33,34)/t24-/m0/s1. The van der Waals surface area contributed by atoms with Crippen LogP contribution in [0.3, 0.4) is 0 Å². The van der Waals surface area contributed by atoms with Crippen molar-refractivity contribution in [2.45, 2.75) is 12.5 Å². The lowest BCUT2D eigenvalue weighted by Crippen LogP contribution is -2.35. The summed E-state index contributed by atoms with van der Waals surface area (Å²) in [6, 6.07) is 25.5. The number of aliphatic hydroxyl groups is 1. The summed E-state index contributed by atoms with van der Waals surface area (Å²) in [5.41, 5.74) is 3.37. The summed E-state index contributed by atoms with van der Waals surface area (Å²) in [5, 5.41) is 23.7. The van der Waals surface area contributed by atoms with Crippen LogP contribution >= 0.6 is 0 Å². The molecule has 1 heterocycles. The van der Waals surface area contributed by atoms with Crippen LogP contribution in [0.5, 0.6) is 0 Å². The number of carboxylic acid groups (broad SMARTS) is 1. The van der Waals surface area contributed by atoms with Crippen molar-refractivity contribution in [3.63, 3.8) is 0 Å². The highest BCUT2D eigenvalue weighted by Gasteiger charge is 2.18. The third-order valence-corrected chi connectivity index (χ3v) is 5.61. The van der Waals surface area contributed by atoms with E-state index < -0.39 is 12.2 Å². The number of fused-ring (bicyclic) bond motifs is 1. The van der Waals surface area contributed by atoms with Crippen molar-refractivity contribution < 1.29 is 19.8 Å². The van der Waals surface area contributed by atoms with Crippen molar-refractivity contribution in [2.24, 2.45) is 0 Å². The number of nitrogens with one attached hydrogen (secondary N) is 1. The van der Waals surface area contributed by atoms with E-state index in [0.717, 1.165) is 10.9 Å². The number of anilines is 1. The molecule has 7 heteroatoms.